The standard InChI is InChI=1S/C12H17ClN2O3S/c1-8-10(14)5-9(13)6-11(8)19(17,18)15-7-12(16)3-2-4-12/h5-6,15-16H,2-4,7,14H2,1H3. The normalized spacial score (nSPS) is 18.1. The lowest BCUT2D eigenvalue weighted by molar-refractivity contribution is -0.0270. The van der Waals surface area contributed by atoms with Crippen LogP contribution in [-0.4, -0.2) is 25.7 Å². The Kier molecular flexibility index (Phi) is 3.79. The summed E-state index contributed by atoms with van der Waals surface area (Å²) in [6.45, 7) is 1.64. The minimum atomic E-state index is -3.72. The van der Waals surface area contributed by atoms with Gasteiger partial charge in [-0.3, -0.25) is 0 Å². The van der Waals surface area contributed by atoms with Gasteiger partial charge in [0.25, 0.3) is 0 Å². The maximum atomic E-state index is 12.2. The molecule has 0 aromatic heterocycles. The van der Waals surface area contributed by atoms with E-state index in [2.05, 4.69) is 4.72 Å². The average molecular weight is 305 g/mol. The van der Waals surface area contributed by atoms with Crippen molar-refractivity contribution >= 4 is 27.3 Å². The van der Waals surface area contributed by atoms with Crippen LogP contribution in [0.25, 0.3) is 0 Å². The Hall–Kier alpha value is -0.820. The SMILES string of the molecule is Cc1c(N)cc(Cl)cc1S(=O)(=O)NCC1(O)CCC1. The van der Waals surface area contributed by atoms with Gasteiger partial charge >= 0.3 is 0 Å². The number of hydrogen-bond donors (Lipinski definition) is 3. The zero-order valence-electron chi connectivity index (χ0n) is 10.6. The monoisotopic (exact) mass is 304 g/mol. The summed E-state index contributed by atoms with van der Waals surface area (Å²) in [5.74, 6) is 0. The highest BCUT2D eigenvalue weighted by Crippen LogP contribution is 2.31. The molecule has 0 spiro atoms. The van der Waals surface area contributed by atoms with Crippen molar-refractivity contribution in [1.82, 2.24) is 4.72 Å². The van der Waals surface area contributed by atoms with E-state index in [1.807, 2.05) is 0 Å². The molecule has 0 amide bonds. The van der Waals surface area contributed by atoms with E-state index in [1.165, 1.54) is 12.1 Å². The van der Waals surface area contributed by atoms with Gasteiger partial charge in [0.1, 0.15) is 0 Å². The van der Waals surface area contributed by atoms with Gasteiger partial charge in [-0.1, -0.05) is 11.6 Å². The molecule has 4 N–H and O–H groups in total. The maximum Gasteiger partial charge on any atom is 0.241 e. The van der Waals surface area contributed by atoms with Crippen LogP contribution in [0.5, 0.6) is 0 Å². The highest BCUT2D eigenvalue weighted by atomic mass is 35.5. The van der Waals surface area contributed by atoms with Crippen molar-refractivity contribution in [2.75, 3.05) is 12.3 Å². The van der Waals surface area contributed by atoms with Crippen molar-refractivity contribution in [2.24, 2.45) is 0 Å². The van der Waals surface area contributed by atoms with E-state index in [0.29, 0.717) is 24.1 Å². The molecule has 1 saturated carbocycles. The molecule has 5 nitrogen and oxygen atoms in total. The van der Waals surface area contributed by atoms with Gasteiger partial charge in [-0.25, -0.2) is 13.1 Å². The molecule has 0 heterocycles. The van der Waals surface area contributed by atoms with E-state index >= 15 is 0 Å². The van der Waals surface area contributed by atoms with Crippen molar-refractivity contribution in [2.45, 2.75) is 36.7 Å². The first-order valence-electron chi connectivity index (χ1n) is 6.01. The molecule has 2 rings (SSSR count). The van der Waals surface area contributed by atoms with Crippen LogP contribution in [0.3, 0.4) is 0 Å². The quantitative estimate of drug-likeness (QED) is 0.734. The number of aliphatic hydroxyl groups is 1. The van der Waals surface area contributed by atoms with Crippen LogP contribution < -0.4 is 10.5 Å². The summed E-state index contributed by atoms with van der Waals surface area (Å²) in [6.07, 6.45) is 2.15. The zero-order valence-corrected chi connectivity index (χ0v) is 12.2. The number of nitrogens with two attached hydrogens (primary N) is 1. The van der Waals surface area contributed by atoms with Gasteiger partial charge in [-0.05, 0) is 43.9 Å². The Labute approximate surface area is 117 Å². The molecule has 106 valence electrons. The van der Waals surface area contributed by atoms with E-state index in [0.717, 1.165) is 6.42 Å². The molecule has 0 unspecified atom stereocenters. The van der Waals surface area contributed by atoms with Crippen molar-refractivity contribution in [3.63, 3.8) is 0 Å². The largest absolute Gasteiger partial charge is 0.398 e. The lowest BCUT2D eigenvalue weighted by Gasteiger charge is -2.36. The molecule has 0 atom stereocenters. The summed E-state index contributed by atoms with van der Waals surface area (Å²) in [6, 6.07) is 2.87. The van der Waals surface area contributed by atoms with Gasteiger partial charge in [0.05, 0.1) is 10.5 Å². The second-order valence-corrected chi connectivity index (χ2v) is 7.19. The summed E-state index contributed by atoms with van der Waals surface area (Å²) < 4.78 is 26.8. The highest BCUT2D eigenvalue weighted by Gasteiger charge is 2.35. The van der Waals surface area contributed by atoms with Crippen molar-refractivity contribution in [1.29, 1.82) is 0 Å². The molecule has 1 fully saturated rings. The molecule has 0 saturated heterocycles. The number of nitrogen functional groups attached to an aromatic ring is 1. The Morgan fingerprint density at radius 1 is 1.47 bits per heavy atom. The number of sulfonamides is 1. The number of halogens is 1. The Morgan fingerprint density at radius 2 is 2.11 bits per heavy atom. The fraction of sp³-hybridized carbons (Fsp3) is 0.500. The maximum absolute atomic E-state index is 12.2. The third-order valence-corrected chi connectivity index (χ3v) is 5.28. The summed E-state index contributed by atoms with van der Waals surface area (Å²) in [4.78, 5) is 0.0559. The van der Waals surface area contributed by atoms with E-state index in [9.17, 15) is 13.5 Å². The smallest absolute Gasteiger partial charge is 0.241 e. The second-order valence-electron chi connectivity index (χ2n) is 5.02. The number of hydrogen-bond acceptors (Lipinski definition) is 4. The van der Waals surface area contributed by atoms with Crippen molar-refractivity contribution in [3.05, 3.63) is 22.7 Å². The van der Waals surface area contributed by atoms with E-state index in [-0.39, 0.29) is 16.5 Å². The van der Waals surface area contributed by atoms with Gasteiger partial charge in [-0.2, -0.15) is 0 Å². The Bertz CT molecular complexity index is 597. The predicted octanol–water partition coefficient (Wildman–Crippen LogP) is 1.42. The van der Waals surface area contributed by atoms with Crippen LogP contribution in [0.1, 0.15) is 24.8 Å². The van der Waals surface area contributed by atoms with Crippen molar-refractivity contribution in [3.8, 4) is 0 Å². The van der Waals surface area contributed by atoms with Crippen LogP contribution in [0.4, 0.5) is 5.69 Å². The predicted molar refractivity (Wildman–Crippen MR) is 74.6 cm³/mol. The van der Waals surface area contributed by atoms with Gasteiger partial charge in [-0.15, -0.1) is 0 Å². The molecule has 0 bridgehead atoms. The molecular formula is C12H17ClN2O3S. The van der Waals surface area contributed by atoms with Gasteiger partial charge < -0.3 is 10.8 Å². The molecule has 7 heteroatoms. The van der Waals surface area contributed by atoms with E-state index < -0.39 is 15.6 Å². The molecule has 1 aliphatic carbocycles. The first-order valence-corrected chi connectivity index (χ1v) is 7.87. The molecule has 1 aliphatic rings. The minimum absolute atomic E-state index is 0.0151. The van der Waals surface area contributed by atoms with E-state index in [1.54, 1.807) is 6.92 Å². The van der Waals surface area contributed by atoms with Crippen LogP contribution in [-0.2, 0) is 10.0 Å². The average Bonchev–Trinajstić information content (AvgIpc) is 2.28. The fourth-order valence-electron chi connectivity index (χ4n) is 2.02. The Balaban J connectivity index is 2.24. The minimum Gasteiger partial charge on any atom is -0.398 e. The molecule has 0 radical (unpaired) electrons. The third-order valence-electron chi connectivity index (χ3n) is 3.53. The number of anilines is 1. The summed E-state index contributed by atoms with van der Waals surface area (Å²) in [5, 5.41) is 10.2. The van der Waals surface area contributed by atoms with Crippen LogP contribution in [0.2, 0.25) is 5.02 Å². The summed E-state index contributed by atoms with van der Waals surface area (Å²) in [7, 11) is -3.72. The topological polar surface area (TPSA) is 92.4 Å². The van der Waals surface area contributed by atoms with Gasteiger partial charge in [0.15, 0.2) is 0 Å². The fourth-order valence-corrected chi connectivity index (χ4v) is 3.73. The van der Waals surface area contributed by atoms with Gasteiger partial charge in [0, 0.05) is 17.3 Å². The molecule has 0 aliphatic heterocycles. The number of nitrogens with one attached hydrogen (secondary N) is 1. The molecule has 1 aromatic carbocycles. The molecule has 19 heavy (non-hydrogen) atoms. The summed E-state index contributed by atoms with van der Waals surface area (Å²) in [5.41, 5.74) is 5.58. The summed E-state index contributed by atoms with van der Waals surface area (Å²) >= 11 is 5.84. The zero-order chi connectivity index (χ0) is 14.3. The lowest BCUT2D eigenvalue weighted by Crippen LogP contribution is -2.47. The van der Waals surface area contributed by atoms with E-state index in [4.69, 9.17) is 17.3 Å². The first-order chi connectivity index (χ1) is 8.73. The lowest BCUT2D eigenvalue weighted by atomic mass is 9.81. The van der Waals surface area contributed by atoms with Crippen LogP contribution >= 0.6 is 11.6 Å². The highest BCUT2D eigenvalue weighted by molar-refractivity contribution is 7.89. The van der Waals surface area contributed by atoms with Crippen LogP contribution in [0, 0.1) is 6.92 Å². The van der Waals surface area contributed by atoms with Gasteiger partial charge in [0.2, 0.25) is 10.0 Å². The first kappa shape index (κ1) is 14.6. The molecular weight excluding hydrogens is 288 g/mol. The number of rotatable bonds is 4. The van der Waals surface area contributed by atoms with Crippen LogP contribution in [0.15, 0.2) is 17.0 Å². The molecule has 1 aromatic rings. The van der Waals surface area contributed by atoms with Crippen molar-refractivity contribution < 1.29 is 13.5 Å². The Morgan fingerprint density at radius 3 is 2.63 bits per heavy atom. The second kappa shape index (κ2) is 4.94. The number of benzene rings is 1. The third kappa shape index (κ3) is 3.02.